The molecule has 412 valence electrons. The van der Waals surface area contributed by atoms with Gasteiger partial charge in [0.15, 0.2) is 6.10 Å². The first-order chi connectivity index (χ1) is 34.2. The van der Waals surface area contributed by atoms with Gasteiger partial charge in [0.1, 0.15) is 12.7 Å². The monoisotopic (exact) mass is 1010 g/mol. The van der Waals surface area contributed by atoms with Crippen molar-refractivity contribution in [2.24, 2.45) is 0 Å². The zero-order chi connectivity index (χ0) is 51.3. The minimum atomic E-state index is -4.74. The van der Waals surface area contributed by atoms with Crippen LogP contribution in [0.5, 0.6) is 0 Å². The van der Waals surface area contributed by atoms with Crippen molar-refractivity contribution in [1.29, 1.82) is 0 Å². The number of rotatable bonds is 55. The van der Waals surface area contributed by atoms with Crippen LogP contribution < -0.4 is 0 Å². The maximum atomic E-state index is 12.9. The second-order valence-electron chi connectivity index (χ2n) is 19.8. The third-order valence-corrected chi connectivity index (χ3v) is 13.8. The summed E-state index contributed by atoms with van der Waals surface area (Å²) in [5, 5.41) is 9.80. The first-order valence-corrected chi connectivity index (χ1v) is 30.7. The molecule has 0 bridgehead atoms. The molecule has 0 amide bonds. The Morgan fingerprint density at radius 2 is 0.729 bits per heavy atom. The molecule has 11 nitrogen and oxygen atoms in total. The highest BCUT2D eigenvalue weighted by atomic mass is 31.2. The summed E-state index contributed by atoms with van der Waals surface area (Å²) in [6.07, 6.45) is 52.8. The Kier molecular flexibility index (Phi) is 51.7. The molecular weight excluding hydrogens is 904 g/mol. The summed E-state index contributed by atoms with van der Waals surface area (Å²) in [5.41, 5.74) is 0. The number of aliphatic hydroxyl groups excluding tert-OH is 1. The maximum Gasteiger partial charge on any atom is 0.472 e. The number of allylic oxidation sites excluding steroid dienone is 4. The standard InChI is InChI=1S/C58H109O11P/c1-4-7-10-13-16-19-22-25-26-27-28-31-34-37-40-43-46-49-58(62)69-55(51-65-56(60)47-44-41-38-35-32-29-23-20-17-14-11-8-5-2)53-67-70(63,64)66-52-54(50-59)68-57(61)48-45-42-39-36-33-30-24-21-18-15-12-9-6-3/h12,15,21,24,54-55,59H,4-11,13-14,16-20,22-23,25-53H2,1-3H3,(H,63,64)/b15-12-,24-21-. The van der Waals surface area contributed by atoms with Crippen molar-refractivity contribution in [3.8, 4) is 0 Å². The van der Waals surface area contributed by atoms with E-state index in [1.165, 1.54) is 148 Å². The van der Waals surface area contributed by atoms with E-state index in [1.54, 1.807) is 0 Å². The number of carbonyl (C=O) groups excluding carboxylic acids is 3. The van der Waals surface area contributed by atoms with Gasteiger partial charge in [-0.3, -0.25) is 23.4 Å². The van der Waals surface area contributed by atoms with E-state index in [-0.39, 0.29) is 25.9 Å². The van der Waals surface area contributed by atoms with Gasteiger partial charge in [0.05, 0.1) is 19.8 Å². The molecule has 0 saturated carbocycles. The van der Waals surface area contributed by atoms with Crippen LogP contribution in [-0.2, 0) is 42.2 Å². The molecule has 0 fully saturated rings. The molecule has 0 rings (SSSR count). The lowest BCUT2D eigenvalue weighted by molar-refractivity contribution is -0.161. The van der Waals surface area contributed by atoms with E-state index in [0.29, 0.717) is 19.3 Å². The van der Waals surface area contributed by atoms with Crippen LogP contribution in [0, 0.1) is 0 Å². The van der Waals surface area contributed by atoms with E-state index in [4.69, 9.17) is 23.3 Å². The van der Waals surface area contributed by atoms with Crippen molar-refractivity contribution in [3.05, 3.63) is 24.3 Å². The molecule has 3 unspecified atom stereocenters. The predicted octanol–water partition coefficient (Wildman–Crippen LogP) is 17.0. The Bertz CT molecular complexity index is 1270. The molecule has 0 aliphatic heterocycles. The van der Waals surface area contributed by atoms with E-state index in [9.17, 15) is 28.9 Å². The fourth-order valence-electron chi connectivity index (χ4n) is 8.40. The first-order valence-electron chi connectivity index (χ1n) is 29.2. The van der Waals surface area contributed by atoms with Crippen molar-refractivity contribution in [2.45, 2.75) is 303 Å². The van der Waals surface area contributed by atoms with Crippen molar-refractivity contribution >= 4 is 25.7 Å². The fourth-order valence-corrected chi connectivity index (χ4v) is 9.18. The minimum absolute atomic E-state index is 0.165. The molecule has 0 aromatic heterocycles. The van der Waals surface area contributed by atoms with Crippen LogP contribution >= 0.6 is 7.82 Å². The minimum Gasteiger partial charge on any atom is -0.462 e. The first kappa shape index (κ1) is 68.0. The number of phosphoric ester groups is 1. The molecule has 2 N–H and O–H groups in total. The molecule has 0 aromatic carbocycles. The van der Waals surface area contributed by atoms with Crippen molar-refractivity contribution in [3.63, 3.8) is 0 Å². The Morgan fingerprint density at radius 1 is 0.400 bits per heavy atom. The van der Waals surface area contributed by atoms with Gasteiger partial charge in [0, 0.05) is 19.3 Å². The molecule has 0 saturated heterocycles. The summed E-state index contributed by atoms with van der Waals surface area (Å²) in [5.74, 6) is -1.45. The van der Waals surface area contributed by atoms with Gasteiger partial charge in [-0.15, -0.1) is 0 Å². The Hall–Kier alpha value is -2.04. The highest BCUT2D eigenvalue weighted by molar-refractivity contribution is 7.47. The third-order valence-electron chi connectivity index (χ3n) is 12.9. The molecule has 0 spiro atoms. The average Bonchev–Trinajstić information content (AvgIpc) is 3.35. The largest absolute Gasteiger partial charge is 0.472 e. The van der Waals surface area contributed by atoms with Gasteiger partial charge >= 0.3 is 25.7 Å². The lowest BCUT2D eigenvalue weighted by Gasteiger charge is -2.21. The number of hydrogen-bond donors (Lipinski definition) is 2. The molecule has 12 heteroatoms. The molecular formula is C58H109O11P. The Labute approximate surface area is 429 Å². The molecule has 0 aliphatic carbocycles. The van der Waals surface area contributed by atoms with E-state index < -0.39 is 57.8 Å². The number of hydrogen-bond acceptors (Lipinski definition) is 10. The highest BCUT2D eigenvalue weighted by Crippen LogP contribution is 2.43. The molecule has 0 aromatic rings. The van der Waals surface area contributed by atoms with Crippen LogP contribution in [0.25, 0.3) is 0 Å². The lowest BCUT2D eigenvalue weighted by Crippen LogP contribution is -2.30. The summed E-state index contributed by atoms with van der Waals surface area (Å²) in [7, 11) is -4.74. The second kappa shape index (κ2) is 53.3. The maximum absolute atomic E-state index is 12.9. The van der Waals surface area contributed by atoms with Crippen LogP contribution in [0.2, 0.25) is 0 Å². The van der Waals surface area contributed by atoms with Gasteiger partial charge in [0.25, 0.3) is 0 Å². The molecule has 0 radical (unpaired) electrons. The second-order valence-corrected chi connectivity index (χ2v) is 21.3. The van der Waals surface area contributed by atoms with Crippen LogP contribution in [0.3, 0.4) is 0 Å². The molecule has 70 heavy (non-hydrogen) atoms. The van der Waals surface area contributed by atoms with Gasteiger partial charge in [-0.05, 0) is 44.9 Å². The normalized spacial score (nSPS) is 13.5. The number of phosphoric acid groups is 1. The summed E-state index contributed by atoms with van der Waals surface area (Å²) >= 11 is 0. The van der Waals surface area contributed by atoms with Crippen molar-refractivity contribution < 1.29 is 52.2 Å². The summed E-state index contributed by atoms with van der Waals surface area (Å²) < 4.78 is 39.5. The number of aliphatic hydroxyl groups is 1. The predicted molar refractivity (Wildman–Crippen MR) is 289 cm³/mol. The SMILES string of the molecule is CCC/C=C\C/C=C\CCCCCCCC(=O)OC(CO)COP(=O)(O)OCC(COC(=O)CCCCCCCCCCCCCCC)OC(=O)CCCCCCCCCCCCCCCCCCC. The smallest absolute Gasteiger partial charge is 0.462 e. The van der Waals surface area contributed by atoms with Gasteiger partial charge < -0.3 is 24.2 Å². The van der Waals surface area contributed by atoms with Crippen LogP contribution in [0.1, 0.15) is 290 Å². The summed E-state index contributed by atoms with van der Waals surface area (Å²) in [6.45, 7) is 4.61. The van der Waals surface area contributed by atoms with Crippen molar-refractivity contribution in [2.75, 3.05) is 26.4 Å². The molecule has 0 heterocycles. The zero-order valence-electron chi connectivity index (χ0n) is 45.5. The van der Waals surface area contributed by atoms with Gasteiger partial charge in [-0.1, -0.05) is 251 Å². The van der Waals surface area contributed by atoms with E-state index in [2.05, 4.69) is 45.1 Å². The third kappa shape index (κ3) is 50.9. The Balaban J connectivity index is 4.68. The fraction of sp³-hybridized carbons (Fsp3) is 0.879. The Morgan fingerprint density at radius 3 is 1.11 bits per heavy atom. The number of carbonyl (C=O) groups is 3. The highest BCUT2D eigenvalue weighted by Gasteiger charge is 2.28. The quantitative estimate of drug-likeness (QED) is 0.0197. The summed E-state index contributed by atoms with van der Waals surface area (Å²) in [6, 6.07) is 0. The zero-order valence-corrected chi connectivity index (χ0v) is 46.4. The van der Waals surface area contributed by atoms with E-state index >= 15 is 0 Å². The number of esters is 3. The van der Waals surface area contributed by atoms with Crippen molar-refractivity contribution in [1.82, 2.24) is 0 Å². The van der Waals surface area contributed by atoms with Gasteiger partial charge in [0.2, 0.25) is 0 Å². The topological polar surface area (TPSA) is 155 Å². The van der Waals surface area contributed by atoms with Gasteiger partial charge in [-0.2, -0.15) is 0 Å². The van der Waals surface area contributed by atoms with E-state index in [1.807, 2.05) is 0 Å². The molecule has 0 aliphatic rings. The number of ether oxygens (including phenoxy) is 3. The lowest BCUT2D eigenvalue weighted by atomic mass is 10.0. The van der Waals surface area contributed by atoms with Crippen LogP contribution in [-0.4, -0.2) is 66.5 Å². The average molecular weight is 1010 g/mol. The van der Waals surface area contributed by atoms with Crippen LogP contribution in [0.4, 0.5) is 0 Å². The van der Waals surface area contributed by atoms with Crippen LogP contribution in [0.15, 0.2) is 24.3 Å². The van der Waals surface area contributed by atoms with E-state index in [0.717, 1.165) is 83.5 Å². The number of unbranched alkanes of at least 4 members (excludes halogenated alkanes) is 34. The molecule has 3 atom stereocenters. The van der Waals surface area contributed by atoms with Gasteiger partial charge in [-0.25, -0.2) is 4.57 Å². The summed E-state index contributed by atoms with van der Waals surface area (Å²) in [4.78, 5) is 48.5.